The molecule has 0 aliphatic carbocycles. The third-order valence-electron chi connectivity index (χ3n) is 1.96. The second-order valence-electron chi connectivity index (χ2n) is 3.85. The molecule has 0 saturated carbocycles. The SMILES string of the molecule is C=Cc1cc(OC)cc(OCC(C)C)c1. The zero-order valence-corrected chi connectivity index (χ0v) is 9.62. The van der Waals surface area contributed by atoms with Crippen LogP contribution in [0.25, 0.3) is 6.08 Å². The fourth-order valence-corrected chi connectivity index (χ4v) is 1.18. The lowest BCUT2D eigenvalue weighted by Crippen LogP contribution is -2.04. The van der Waals surface area contributed by atoms with Gasteiger partial charge in [0.15, 0.2) is 0 Å². The average molecular weight is 206 g/mol. The summed E-state index contributed by atoms with van der Waals surface area (Å²) in [5.74, 6) is 2.15. The predicted molar refractivity (Wildman–Crippen MR) is 63.4 cm³/mol. The van der Waals surface area contributed by atoms with Crippen LogP contribution < -0.4 is 9.47 Å². The molecule has 0 aliphatic rings. The summed E-state index contributed by atoms with van der Waals surface area (Å²) in [6, 6.07) is 5.77. The first kappa shape index (κ1) is 11.6. The average Bonchev–Trinajstić information content (AvgIpc) is 2.25. The van der Waals surface area contributed by atoms with E-state index in [0.717, 1.165) is 17.1 Å². The normalized spacial score (nSPS) is 10.1. The van der Waals surface area contributed by atoms with E-state index in [-0.39, 0.29) is 0 Å². The summed E-state index contributed by atoms with van der Waals surface area (Å²) < 4.78 is 10.8. The molecule has 0 heterocycles. The Balaban J connectivity index is 2.82. The van der Waals surface area contributed by atoms with Crippen molar-refractivity contribution in [1.82, 2.24) is 0 Å². The molecular formula is C13H18O2. The van der Waals surface area contributed by atoms with E-state index in [1.807, 2.05) is 18.2 Å². The van der Waals surface area contributed by atoms with E-state index in [4.69, 9.17) is 9.47 Å². The molecule has 2 nitrogen and oxygen atoms in total. The molecule has 0 atom stereocenters. The third kappa shape index (κ3) is 3.66. The van der Waals surface area contributed by atoms with E-state index in [1.165, 1.54) is 0 Å². The highest BCUT2D eigenvalue weighted by Gasteiger charge is 2.01. The van der Waals surface area contributed by atoms with Gasteiger partial charge in [-0.15, -0.1) is 0 Å². The van der Waals surface area contributed by atoms with Crippen molar-refractivity contribution in [2.24, 2.45) is 5.92 Å². The summed E-state index contributed by atoms with van der Waals surface area (Å²) in [5, 5.41) is 0. The summed E-state index contributed by atoms with van der Waals surface area (Å²) in [6.45, 7) is 8.68. The van der Waals surface area contributed by atoms with Gasteiger partial charge in [0.2, 0.25) is 0 Å². The Morgan fingerprint density at radius 1 is 1.27 bits per heavy atom. The van der Waals surface area contributed by atoms with Crippen molar-refractivity contribution in [3.05, 3.63) is 30.3 Å². The molecule has 0 saturated heterocycles. The molecule has 0 aliphatic heterocycles. The first-order valence-corrected chi connectivity index (χ1v) is 5.10. The fraction of sp³-hybridized carbons (Fsp3) is 0.385. The molecule has 0 fully saturated rings. The smallest absolute Gasteiger partial charge is 0.123 e. The highest BCUT2D eigenvalue weighted by Crippen LogP contribution is 2.23. The molecule has 0 aromatic heterocycles. The van der Waals surface area contributed by atoms with Gasteiger partial charge in [-0.2, -0.15) is 0 Å². The fourth-order valence-electron chi connectivity index (χ4n) is 1.18. The van der Waals surface area contributed by atoms with Gasteiger partial charge >= 0.3 is 0 Å². The number of ether oxygens (including phenoxy) is 2. The summed E-state index contributed by atoms with van der Waals surface area (Å²) >= 11 is 0. The van der Waals surface area contributed by atoms with E-state index in [2.05, 4.69) is 20.4 Å². The van der Waals surface area contributed by atoms with Gasteiger partial charge in [-0.25, -0.2) is 0 Å². The van der Waals surface area contributed by atoms with Gasteiger partial charge in [0.25, 0.3) is 0 Å². The minimum atomic E-state index is 0.517. The van der Waals surface area contributed by atoms with E-state index in [0.29, 0.717) is 12.5 Å². The standard InChI is InChI=1S/C13H18O2/c1-5-11-6-12(14-4)8-13(7-11)15-9-10(2)3/h5-8,10H,1,9H2,2-4H3. The topological polar surface area (TPSA) is 18.5 Å². The Kier molecular flexibility index (Phi) is 4.22. The minimum Gasteiger partial charge on any atom is -0.497 e. The highest BCUT2D eigenvalue weighted by atomic mass is 16.5. The van der Waals surface area contributed by atoms with Crippen LogP contribution in [-0.4, -0.2) is 13.7 Å². The maximum absolute atomic E-state index is 5.62. The van der Waals surface area contributed by atoms with Crippen LogP contribution in [0.1, 0.15) is 19.4 Å². The van der Waals surface area contributed by atoms with Crippen LogP contribution in [-0.2, 0) is 0 Å². The molecule has 0 N–H and O–H groups in total. The summed E-state index contributed by atoms with van der Waals surface area (Å²) in [6.07, 6.45) is 1.78. The van der Waals surface area contributed by atoms with Gasteiger partial charge in [-0.3, -0.25) is 0 Å². The molecule has 1 aromatic rings. The third-order valence-corrected chi connectivity index (χ3v) is 1.96. The molecule has 0 spiro atoms. The van der Waals surface area contributed by atoms with Crippen LogP contribution in [0.2, 0.25) is 0 Å². The van der Waals surface area contributed by atoms with Crippen LogP contribution in [0, 0.1) is 5.92 Å². The molecule has 1 aromatic carbocycles. The van der Waals surface area contributed by atoms with Crippen molar-refractivity contribution in [1.29, 1.82) is 0 Å². The zero-order chi connectivity index (χ0) is 11.3. The van der Waals surface area contributed by atoms with Gasteiger partial charge in [-0.1, -0.05) is 26.5 Å². The summed E-state index contributed by atoms with van der Waals surface area (Å²) in [4.78, 5) is 0. The predicted octanol–water partition coefficient (Wildman–Crippen LogP) is 3.37. The minimum absolute atomic E-state index is 0.517. The van der Waals surface area contributed by atoms with E-state index in [1.54, 1.807) is 13.2 Å². The molecule has 0 bridgehead atoms. The van der Waals surface area contributed by atoms with Crippen molar-refractivity contribution in [2.45, 2.75) is 13.8 Å². The lowest BCUT2D eigenvalue weighted by molar-refractivity contribution is 0.269. The Morgan fingerprint density at radius 3 is 2.47 bits per heavy atom. The number of hydrogen-bond acceptors (Lipinski definition) is 2. The van der Waals surface area contributed by atoms with E-state index >= 15 is 0 Å². The molecule has 82 valence electrons. The van der Waals surface area contributed by atoms with Crippen molar-refractivity contribution in [3.63, 3.8) is 0 Å². The van der Waals surface area contributed by atoms with Gasteiger partial charge in [0.05, 0.1) is 13.7 Å². The van der Waals surface area contributed by atoms with Crippen LogP contribution >= 0.6 is 0 Å². The number of rotatable bonds is 5. The first-order chi connectivity index (χ1) is 7.15. The number of hydrogen-bond donors (Lipinski definition) is 0. The van der Waals surface area contributed by atoms with Crippen molar-refractivity contribution in [2.75, 3.05) is 13.7 Å². The molecule has 0 radical (unpaired) electrons. The Labute approximate surface area is 91.5 Å². The lowest BCUT2D eigenvalue weighted by atomic mass is 10.2. The van der Waals surface area contributed by atoms with Crippen molar-refractivity contribution >= 4 is 6.08 Å². The Bertz CT molecular complexity index is 329. The van der Waals surface area contributed by atoms with Crippen LogP contribution in [0.4, 0.5) is 0 Å². The lowest BCUT2D eigenvalue weighted by Gasteiger charge is -2.10. The Hall–Kier alpha value is -1.44. The second-order valence-corrected chi connectivity index (χ2v) is 3.85. The maximum atomic E-state index is 5.62. The van der Waals surface area contributed by atoms with Crippen molar-refractivity contribution in [3.8, 4) is 11.5 Å². The van der Waals surface area contributed by atoms with Crippen molar-refractivity contribution < 1.29 is 9.47 Å². The van der Waals surface area contributed by atoms with Gasteiger partial charge in [0.1, 0.15) is 11.5 Å². The van der Waals surface area contributed by atoms with Crippen LogP contribution in [0.3, 0.4) is 0 Å². The molecule has 2 heteroatoms. The molecule has 0 amide bonds. The van der Waals surface area contributed by atoms with E-state index in [9.17, 15) is 0 Å². The first-order valence-electron chi connectivity index (χ1n) is 5.10. The quantitative estimate of drug-likeness (QED) is 0.735. The maximum Gasteiger partial charge on any atom is 0.123 e. The molecule has 0 unspecified atom stereocenters. The van der Waals surface area contributed by atoms with Gasteiger partial charge < -0.3 is 9.47 Å². The summed E-state index contributed by atoms with van der Waals surface area (Å²) in [7, 11) is 1.65. The van der Waals surface area contributed by atoms with Crippen LogP contribution in [0.15, 0.2) is 24.8 Å². The number of methoxy groups -OCH3 is 1. The zero-order valence-electron chi connectivity index (χ0n) is 9.62. The largest absolute Gasteiger partial charge is 0.497 e. The number of benzene rings is 1. The molecular weight excluding hydrogens is 188 g/mol. The molecule has 15 heavy (non-hydrogen) atoms. The second kappa shape index (κ2) is 5.44. The Morgan fingerprint density at radius 2 is 1.93 bits per heavy atom. The van der Waals surface area contributed by atoms with Gasteiger partial charge in [0, 0.05) is 6.07 Å². The van der Waals surface area contributed by atoms with Gasteiger partial charge in [-0.05, 0) is 23.6 Å². The van der Waals surface area contributed by atoms with Crippen LogP contribution in [0.5, 0.6) is 11.5 Å². The van der Waals surface area contributed by atoms with E-state index < -0.39 is 0 Å². The highest BCUT2D eigenvalue weighted by molar-refractivity contribution is 5.53. The molecule has 1 rings (SSSR count). The monoisotopic (exact) mass is 206 g/mol. The summed E-state index contributed by atoms with van der Waals surface area (Å²) in [5.41, 5.74) is 1.01.